The van der Waals surface area contributed by atoms with Crippen LogP contribution in [0.1, 0.15) is 6.92 Å². The third kappa shape index (κ3) is 2.82. The highest BCUT2D eigenvalue weighted by molar-refractivity contribution is 6.39. The zero-order valence-electron chi connectivity index (χ0n) is 11.7. The SMILES string of the molecule is CC(=O)/C(=N\Nc1ccc(Cl)cc1)n1nnc2ccccc21. The minimum Gasteiger partial charge on any atom is -0.291 e. The van der Waals surface area contributed by atoms with Crippen molar-refractivity contribution in [2.75, 3.05) is 5.43 Å². The number of hydrazone groups is 1. The number of fused-ring (bicyclic) bond motifs is 1. The third-order valence-corrected chi connectivity index (χ3v) is 3.25. The summed E-state index contributed by atoms with van der Waals surface area (Å²) in [5.74, 6) is -0.0687. The van der Waals surface area contributed by atoms with E-state index in [9.17, 15) is 4.79 Å². The fourth-order valence-electron chi connectivity index (χ4n) is 1.94. The van der Waals surface area contributed by atoms with Gasteiger partial charge in [-0.25, -0.2) is 0 Å². The molecule has 110 valence electrons. The molecule has 3 rings (SSSR count). The van der Waals surface area contributed by atoms with E-state index < -0.39 is 0 Å². The number of ketones is 1. The summed E-state index contributed by atoms with van der Waals surface area (Å²) in [7, 11) is 0. The van der Waals surface area contributed by atoms with E-state index in [4.69, 9.17) is 11.6 Å². The van der Waals surface area contributed by atoms with E-state index in [1.165, 1.54) is 11.6 Å². The van der Waals surface area contributed by atoms with Gasteiger partial charge in [0.1, 0.15) is 5.52 Å². The van der Waals surface area contributed by atoms with Crippen molar-refractivity contribution in [1.82, 2.24) is 15.0 Å². The van der Waals surface area contributed by atoms with E-state index in [1.807, 2.05) is 24.3 Å². The number of benzene rings is 2. The summed E-state index contributed by atoms with van der Waals surface area (Å²) in [5, 5.41) is 12.8. The quantitative estimate of drug-likeness (QED) is 0.458. The van der Waals surface area contributed by atoms with Gasteiger partial charge >= 0.3 is 0 Å². The fraction of sp³-hybridized carbons (Fsp3) is 0.0667. The maximum absolute atomic E-state index is 11.9. The summed E-state index contributed by atoms with van der Waals surface area (Å²) in [6.45, 7) is 1.43. The second-order valence-electron chi connectivity index (χ2n) is 4.60. The van der Waals surface area contributed by atoms with E-state index in [0.29, 0.717) is 21.7 Å². The molecule has 0 aliphatic rings. The topological polar surface area (TPSA) is 72.2 Å². The van der Waals surface area contributed by atoms with Gasteiger partial charge in [0.25, 0.3) is 0 Å². The Balaban J connectivity index is 1.97. The van der Waals surface area contributed by atoms with Crippen LogP contribution in [0.25, 0.3) is 11.0 Å². The van der Waals surface area contributed by atoms with Crippen molar-refractivity contribution >= 4 is 39.9 Å². The Bertz CT molecular complexity index is 854. The first-order chi connectivity index (χ1) is 10.6. The Morgan fingerprint density at radius 1 is 1.18 bits per heavy atom. The lowest BCUT2D eigenvalue weighted by molar-refractivity contribution is -0.111. The Morgan fingerprint density at radius 2 is 1.91 bits per heavy atom. The summed E-state index contributed by atoms with van der Waals surface area (Å²) in [4.78, 5) is 11.9. The lowest BCUT2D eigenvalue weighted by atomic mass is 10.3. The molecule has 0 aliphatic heterocycles. The van der Waals surface area contributed by atoms with Crippen LogP contribution >= 0.6 is 11.6 Å². The first-order valence-corrected chi connectivity index (χ1v) is 6.94. The minimum atomic E-state index is -0.225. The molecule has 0 bridgehead atoms. The van der Waals surface area contributed by atoms with Crippen molar-refractivity contribution in [1.29, 1.82) is 0 Å². The molecule has 0 amide bonds. The van der Waals surface area contributed by atoms with Crippen molar-refractivity contribution in [2.24, 2.45) is 5.10 Å². The number of aromatic nitrogens is 3. The second-order valence-corrected chi connectivity index (χ2v) is 5.04. The monoisotopic (exact) mass is 313 g/mol. The number of carbonyl (C=O) groups is 1. The molecule has 0 saturated carbocycles. The van der Waals surface area contributed by atoms with E-state index in [2.05, 4.69) is 20.8 Å². The lowest BCUT2D eigenvalue weighted by Gasteiger charge is -2.05. The number of hydrogen-bond donors (Lipinski definition) is 1. The summed E-state index contributed by atoms with van der Waals surface area (Å²) in [5.41, 5.74) is 4.96. The molecule has 0 spiro atoms. The zero-order chi connectivity index (χ0) is 15.5. The Hall–Kier alpha value is -2.73. The zero-order valence-corrected chi connectivity index (χ0v) is 12.4. The van der Waals surface area contributed by atoms with Gasteiger partial charge in [-0.05, 0) is 36.4 Å². The lowest BCUT2D eigenvalue weighted by Crippen LogP contribution is -2.23. The van der Waals surface area contributed by atoms with Crippen molar-refractivity contribution in [3.63, 3.8) is 0 Å². The third-order valence-electron chi connectivity index (χ3n) is 3.00. The van der Waals surface area contributed by atoms with Crippen molar-refractivity contribution < 1.29 is 4.79 Å². The summed E-state index contributed by atoms with van der Waals surface area (Å²) < 4.78 is 1.42. The number of rotatable bonds is 3. The molecule has 0 unspecified atom stereocenters. The molecule has 2 aromatic carbocycles. The number of anilines is 1. The van der Waals surface area contributed by atoms with Crippen LogP contribution in [0.3, 0.4) is 0 Å². The number of nitrogens with zero attached hydrogens (tertiary/aromatic N) is 4. The molecular formula is C15H12ClN5O. The van der Waals surface area contributed by atoms with E-state index in [-0.39, 0.29) is 11.6 Å². The molecule has 22 heavy (non-hydrogen) atoms. The molecular weight excluding hydrogens is 302 g/mol. The number of Topliss-reactive ketones (excluding diaryl/α,β-unsaturated/α-hetero) is 1. The number of carbonyl (C=O) groups excluding carboxylic acids is 1. The molecule has 6 nitrogen and oxygen atoms in total. The highest BCUT2D eigenvalue weighted by atomic mass is 35.5. The van der Waals surface area contributed by atoms with E-state index >= 15 is 0 Å². The van der Waals surface area contributed by atoms with Crippen LogP contribution < -0.4 is 5.43 Å². The van der Waals surface area contributed by atoms with Crippen LogP contribution in [-0.2, 0) is 4.79 Å². The highest BCUT2D eigenvalue weighted by Crippen LogP contribution is 2.14. The summed E-state index contributed by atoms with van der Waals surface area (Å²) >= 11 is 5.83. The van der Waals surface area contributed by atoms with Gasteiger partial charge < -0.3 is 0 Å². The number of hydrogen-bond acceptors (Lipinski definition) is 5. The number of nitrogens with one attached hydrogen (secondary N) is 1. The average Bonchev–Trinajstić information content (AvgIpc) is 2.93. The van der Waals surface area contributed by atoms with Crippen molar-refractivity contribution in [3.8, 4) is 0 Å². The molecule has 3 aromatic rings. The van der Waals surface area contributed by atoms with Crippen molar-refractivity contribution in [2.45, 2.75) is 6.92 Å². The predicted molar refractivity (Wildman–Crippen MR) is 86.1 cm³/mol. The predicted octanol–water partition coefficient (Wildman–Crippen LogP) is 2.95. The maximum Gasteiger partial charge on any atom is 0.218 e. The van der Waals surface area contributed by atoms with Crippen LogP contribution in [-0.4, -0.2) is 26.6 Å². The van der Waals surface area contributed by atoms with E-state index in [1.54, 1.807) is 24.3 Å². The second kappa shape index (κ2) is 5.95. The number of para-hydroxylation sites is 1. The van der Waals surface area contributed by atoms with Gasteiger partial charge in [0.05, 0.1) is 11.2 Å². The molecule has 0 atom stereocenters. The average molecular weight is 314 g/mol. The standard InChI is InChI=1S/C15H12ClN5O/c1-10(22)15(19-17-12-8-6-11(16)7-9-12)21-14-5-3-2-4-13(14)18-20-21/h2-9,17H,1H3/b19-15+. The van der Waals surface area contributed by atoms with Gasteiger partial charge in [0.2, 0.25) is 5.84 Å². The van der Waals surface area contributed by atoms with Gasteiger partial charge in [-0.3, -0.25) is 10.2 Å². The summed E-state index contributed by atoms with van der Waals surface area (Å²) in [6, 6.07) is 14.4. The van der Waals surface area contributed by atoms with Crippen LogP contribution in [0.15, 0.2) is 53.6 Å². The van der Waals surface area contributed by atoms with Crippen molar-refractivity contribution in [3.05, 3.63) is 53.6 Å². The molecule has 0 fully saturated rings. The van der Waals surface area contributed by atoms with Crippen LogP contribution in [0.2, 0.25) is 5.02 Å². The Labute approximate surface area is 131 Å². The molecule has 0 radical (unpaired) electrons. The highest BCUT2D eigenvalue weighted by Gasteiger charge is 2.14. The molecule has 0 aliphatic carbocycles. The Kier molecular flexibility index (Phi) is 3.84. The minimum absolute atomic E-state index is 0.156. The largest absolute Gasteiger partial charge is 0.291 e. The van der Waals surface area contributed by atoms with Gasteiger partial charge in [0.15, 0.2) is 5.78 Å². The fourth-order valence-corrected chi connectivity index (χ4v) is 2.07. The molecule has 1 aromatic heterocycles. The van der Waals surface area contributed by atoms with Gasteiger partial charge in [0, 0.05) is 11.9 Å². The van der Waals surface area contributed by atoms with Crippen LogP contribution in [0.5, 0.6) is 0 Å². The Morgan fingerprint density at radius 3 is 2.64 bits per heavy atom. The van der Waals surface area contributed by atoms with Gasteiger partial charge in [-0.15, -0.1) is 5.10 Å². The van der Waals surface area contributed by atoms with E-state index in [0.717, 1.165) is 0 Å². The normalized spacial score (nSPS) is 11.6. The summed E-state index contributed by atoms with van der Waals surface area (Å²) in [6.07, 6.45) is 0. The number of halogens is 1. The molecule has 1 N–H and O–H groups in total. The van der Waals surface area contributed by atoms with Crippen LogP contribution in [0, 0.1) is 0 Å². The van der Waals surface area contributed by atoms with Gasteiger partial charge in [-0.2, -0.15) is 9.78 Å². The van der Waals surface area contributed by atoms with Gasteiger partial charge in [-0.1, -0.05) is 28.9 Å². The van der Waals surface area contributed by atoms with Crippen LogP contribution in [0.4, 0.5) is 5.69 Å². The molecule has 0 saturated heterocycles. The maximum atomic E-state index is 11.9. The molecule has 7 heteroatoms. The first-order valence-electron chi connectivity index (χ1n) is 6.56. The smallest absolute Gasteiger partial charge is 0.218 e. The molecule has 1 heterocycles. The first kappa shape index (κ1) is 14.2.